The van der Waals surface area contributed by atoms with Gasteiger partial charge in [0.1, 0.15) is 12.7 Å². The number of carboxylic acid groups (broad SMARTS) is 1. The highest BCUT2D eigenvalue weighted by Crippen LogP contribution is 2.13. The zero-order valence-corrected chi connectivity index (χ0v) is 7.66. The molecule has 1 aromatic carbocycles. The van der Waals surface area contributed by atoms with E-state index < -0.39 is 6.09 Å². The number of aromatic nitrogens is 3. The van der Waals surface area contributed by atoms with Crippen molar-refractivity contribution in [3.63, 3.8) is 0 Å². The van der Waals surface area contributed by atoms with Gasteiger partial charge in [0, 0.05) is 5.69 Å². The van der Waals surface area contributed by atoms with Crippen LogP contribution in [0.4, 0.5) is 10.5 Å². The number of carbonyl (C=O) groups is 1. The fourth-order valence-corrected chi connectivity index (χ4v) is 1.19. The third kappa shape index (κ3) is 2.11. The van der Waals surface area contributed by atoms with Gasteiger partial charge in [-0.3, -0.25) is 5.32 Å². The summed E-state index contributed by atoms with van der Waals surface area (Å²) in [6.45, 7) is 0. The second-order valence-corrected chi connectivity index (χ2v) is 2.82. The molecule has 0 saturated heterocycles. The summed E-state index contributed by atoms with van der Waals surface area (Å²) in [4.78, 5) is 14.2. The molecule has 0 aliphatic rings. The molecule has 1 amide bonds. The maximum atomic E-state index is 10.4. The van der Waals surface area contributed by atoms with Crippen molar-refractivity contribution < 1.29 is 9.90 Å². The highest BCUT2D eigenvalue weighted by molar-refractivity contribution is 5.83. The van der Waals surface area contributed by atoms with E-state index in [4.69, 9.17) is 5.11 Å². The van der Waals surface area contributed by atoms with Crippen molar-refractivity contribution in [2.24, 2.45) is 0 Å². The van der Waals surface area contributed by atoms with Gasteiger partial charge in [0.15, 0.2) is 0 Å². The molecule has 76 valence electrons. The van der Waals surface area contributed by atoms with Gasteiger partial charge in [0.05, 0.1) is 5.69 Å². The summed E-state index contributed by atoms with van der Waals surface area (Å²) < 4.78 is 1.55. The Kier molecular flexibility index (Phi) is 2.32. The molecule has 0 atom stereocenters. The van der Waals surface area contributed by atoms with Gasteiger partial charge in [-0.1, -0.05) is 6.07 Å². The van der Waals surface area contributed by atoms with Crippen LogP contribution in [0.25, 0.3) is 5.69 Å². The predicted molar refractivity (Wildman–Crippen MR) is 53.0 cm³/mol. The summed E-state index contributed by atoms with van der Waals surface area (Å²) in [5.41, 5.74) is 1.24. The third-order valence-corrected chi connectivity index (χ3v) is 1.78. The number of nitrogens with one attached hydrogen (secondary N) is 1. The summed E-state index contributed by atoms with van der Waals surface area (Å²) in [6.07, 6.45) is 1.86. The number of amides is 1. The average Bonchev–Trinajstić information content (AvgIpc) is 2.69. The van der Waals surface area contributed by atoms with Gasteiger partial charge < -0.3 is 5.11 Å². The van der Waals surface area contributed by atoms with Gasteiger partial charge in [-0.15, -0.1) is 0 Å². The summed E-state index contributed by atoms with van der Waals surface area (Å²) in [5, 5.41) is 14.7. The van der Waals surface area contributed by atoms with Crippen LogP contribution in [0.15, 0.2) is 36.9 Å². The highest BCUT2D eigenvalue weighted by atomic mass is 16.4. The highest BCUT2D eigenvalue weighted by Gasteiger charge is 2.00. The molecule has 2 rings (SSSR count). The Morgan fingerprint density at radius 3 is 3.00 bits per heavy atom. The van der Waals surface area contributed by atoms with E-state index in [-0.39, 0.29) is 0 Å². The van der Waals surface area contributed by atoms with Gasteiger partial charge in [-0.2, -0.15) is 5.10 Å². The number of benzene rings is 1. The van der Waals surface area contributed by atoms with Crippen LogP contribution in [0.2, 0.25) is 0 Å². The molecule has 0 spiro atoms. The first-order chi connectivity index (χ1) is 7.25. The lowest BCUT2D eigenvalue weighted by Gasteiger charge is -2.03. The predicted octanol–water partition coefficient (Wildman–Crippen LogP) is 1.36. The Bertz CT molecular complexity index is 467. The molecule has 6 nitrogen and oxygen atoms in total. The smallest absolute Gasteiger partial charge is 0.409 e. The Labute approximate surface area is 85.2 Å². The molecule has 2 N–H and O–H groups in total. The van der Waals surface area contributed by atoms with Gasteiger partial charge in [-0.25, -0.2) is 14.5 Å². The summed E-state index contributed by atoms with van der Waals surface area (Å²) in [6, 6.07) is 6.88. The van der Waals surface area contributed by atoms with Crippen molar-refractivity contribution in [1.29, 1.82) is 0 Å². The first-order valence-electron chi connectivity index (χ1n) is 4.21. The van der Waals surface area contributed by atoms with Crippen LogP contribution in [0.1, 0.15) is 0 Å². The maximum Gasteiger partial charge on any atom is 0.409 e. The van der Waals surface area contributed by atoms with E-state index in [0.29, 0.717) is 5.69 Å². The van der Waals surface area contributed by atoms with E-state index in [0.717, 1.165) is 5.69 Å². The topological polar surface area (TPSA) is 80.0 Å². The molecule has 15 heavy (non-hydrogen) atoms. The summed E-state index contributed by atoms with van der Waals surface area (Å²) in [5.74, 6) is 0. The van der Waals surface area contributed by atoms with Gasteiger partial charge >= 0.3 is 6.09 Å². The van der Waals surface area contributed by atoms with Crippen LogP contribution in [-0.2, 0) is 0 Å². The van der Waals surface area contributed by atoms with E-state index >= 15 is 0 Å². The van der Waals surface area contributed by atoms with Crippen LogP contribution >= 0.6 is 0 Å². The van der Waals surface area contributed by atoms with Crippen LogP contribution < -0.4 is 5.32 Å². The maximum absolute atomic E-state index is 10.4. The monoisotopic (exact) mass is 204 g/mol. The molecule has 1 aromatic heterocycles. The Morgan fingerprint density at radius 2 is 2.33 bits per heavy atom. The van der Waals surface area contributed by atoms with Crippen LogP contribution in [0.5, 0.6) is 0 Å². The van der Waals surface area contributed by atoms with Crippen molar-refractivity contribution >= 4 is 11.8 Å². The van der Waals surface area contributed by atoms with E-state index in [2.05, 4.69) is 15.4 Å². The van der Waals surface area contributed by atoms with Crippen LogP contribution in [-0.4, -0.2) is 26.0 Å². The number of hydrogen-bond donors (Lipinski definition) is 2. The zero-order chi connectivity index (χ0) is 10.7. The van der Waals surface area contributed by atoms with E-state index in [9.17, 15) is 4.79 Å². The van der Waals surface area contributed by atoms with Crippen molar-refractivity contribution in [3.05, 3.63) is 36.9 Å². The quantitative estimate of drug-likeness (QED) is 0.773. The number of rotatable bonds is 2. The second-order valence-electron chi connectivity index (χ2n) is 2.82. The largest absolute Gasteiger partial charge is 0.465 e. The first kappa shape index (κ1) is 9.20. The fraction of sp³-hybridized carbons (Fsp3) is 0. The van der Waals surface area contributed by atoms with Crippen LogP contribution in [0.3, 0.4) is 0 Å². The molecule has 1 heterocycles. The molecular weight excluding hydrogens is 196 g/mol. The van der Waals surface area contributed by atoms with E-state index in [1.165, 1.54) is 6.33 Å². The molecule has 0 fully saturated rings. The number of anilines is 1. The molecule has 0 bridgehead atoms. The Morgan fingerprint density at radius 1 is 1.47 bits per heavy atom. The number of nitrogens with zero attached hydrogens (tertiary/aromatic N) is 3. The Balaban J connectivity index is 2.31. The first-order valence-corrected chi connectivity index (χ1v) is 4.21. The van der Waals surface area contributed by atoms with Crippen molar-refractivity contribution in [2.45, 2.75) is 0 Å². The van der Waals surface area contributed by atoms with Crippen LogP contribution in [0, 0.1) is 0 Å². The third-order valence-electron chi connectivity index (χ3n) is 1.78. The molecule has 0 saturated carbocycles. The van der Waals surface area contributed by atoms with Crippen molar-refractivity contribution in [1.82, 2.24) is 14.8 Å². The van der Waals surface area contributed by atoms with Crippen molar-refractivity contribution in [3.8, 4) is 5.69 Å². The fourth-order valence-electron chi connectivity index (χ4n) is 1.19. The van der Waals surface area contributed by atoms with E-state index in [1.807, 2.05) is 6.07 Å². The average molecular weight is 204 g/mol. The lowest BCUT2D eigenvalue weighted by Crippen LogP contribution is -2.07. The molecule has 0 radical (unpaired) electrons. The van der Waals surface area contributed by atoms with E-state index in [1.54, 1.807) is 29.2 Å². The molecule has 0 unspecified atom stereocenters. The minimum absolute atomic E-state index is 0.496. The molecule has 2 aromatic rings. The number of hydrogen-bond acceptors (Lipinski definition) is 3. The Hall–Kier alpha value is -2.37. The minimum Gasteiger partial charge on any atom is -0.465 e. The summed E-state index contributed by atoms with van der Waals surface area (Å²) in [7, 11) is 0. The normalized spacial score (nSPS) is 9.87. The van der Waals surface area contributed by atoms with Gasteiger partial charge in [0.25, 0.3) is 0 Å². The molecule has 6 heteroatoms. The zero-order valence-electron chi connectivity index (χ0n) is 7.66. The molecule has 0 aliphatic heterocycles. The molecular formula is C9H8N4O2. The van der Waals surface area contributed by atoms with Gasteiger partial charge in [0.2, 0.25) is 0 Å². The minimum atomic E-state index is -1.09. The lowest BCUT2D eigenvalue weighted by atomic mass is 10.3. The second kappa shape index (κ2) is 3.79. The lowest BCUT2D eigenvalue weighted by molar-refractivity contribution is 0.210. The van der Waals surface area contributed by atoms with Gasteiger partial charge in [-0.05, 0) is 18.2 Å². The van der Waals surface area contributed by atoms with Crippen molar-refractivity contribution in [2.75, 3.05) is 5.32 Å². The molecule has 0 aliphatic carbocycles. The SMILES string of the molecule is O=C(O)Nc1cccc(-n2cncn2)c1. The standard InChI is InChI=1S/C9H8N4O2/c14-9(15)12-7-2-1-3-8(4-7)13-6-10-5-11-13/h1-6,12H,(H,14,15). The summed E-state index contributed by atoms with van der Waals surface area (Å²) >= 11 is 0.